The molecule has 1 aromatic carbocycles. The van der Waals surface area contributed by atoms with Crippen LogP contribution in [0, 0.1) is 6.92 Å². The van der Waals surface area contributed by atoms with E-state index in [1.54, 1.807) is 6.07 Å². The number of anilines is 1. The van der Waals surface area contributed by atoms with Crippen LogP contribution in [0.15, 0.2) is 18.2 Å². The first kappa shape index (κ1) is 20.2. The Kier molecular flexibility index (Phi) is 6.18. The maximum absolute atomic E-state index is 12.3. The molecule has 25 heavy (non-hydrogen) atoms. The van der Waals surface area contributed by atoms with Crippen LogP contribution in [0.4, 0.5) is 5.69 Å². The van der Waals surface area contributed by atoms with E-state index in [-0.39, 0.29) is 23.0 Å². The first-order chi connectivity index (χ1) is 11.5. The van der Waals surface area contributed by atoms with Gasteiger partial charge in [-0.3, -0.25) is 4.79 Å². The molecule has 0 spiro atoms. The Bertz CT molecular complexity index is 611. The van der Waals surface area contributed by atoms with Crippen molar-refractivity contribution in [1.82, 2.24) is 10.6 Å². The zero-order valence-electron chi connectivity index (χ0n) is 16.3. The van der Waals surface area contributed by atoms with Gasteiger partial charge in [-0.25, -0.2) is 0 Å². The molecule has 1 saturated heterocycles. The van der Waals surface area contributed by atoms with Crippen molar-refractivity contribution in [2.45, 2.75) is 84.0 Å². The van der Waals surface area contributed by atoms with Gasteiger partial charge in [0.1, 0.15) is 0 Å². The lowest BCUT2D eigenvalue weighted by atomic mass is 9.79. The van der Waals surface area contributed by atoms with Crippen LogP contribution in [-0.4, -0.2) is 29.1 Å². The molecule has 2 rings (SSSR count). The Morgan fingerprint density at radius 3 is 2.44 bits per heavy atom. The molecule has 1 aliphatic heterocycles. The molecule has 0 aliphatic carbocycles. The molecular weight excluding hydrogens is 334 g/mol. The monoisotopic (exact) mass is 365 g/mol. The SMILES string of the molecule is Cc1ccc(NC(=O)CC(C)NC2CC(C)(C)NC(C)(C)C2)cc1Cl. The highest BCUT2D eigenvalue weighted by Gasteiger charge is 2.37. The molecule has 1 unspecified atom stereocenters. The summed E-state index contributed by atoms with van der Waals surface area (Å²) in [6.45, 7) is 13.0. The van der Waals surface area contributed by atoms with Crippen LogP contribution in [0.1, 0.15) is 59.4 Å². The summed E-state index contributed by atoms with van der Waals surface area (Å²) >= 11 is 6.12. The Hall–Kier alpha value is -1.10. The van der Waals surface area contributed by atoms with Gasteiger partial charge in [-0.05, 0) is 72.1 Å². The minimum absolute atomic E-state index is 0.00683. The van der Waals surface area contributed by atoms with Crippen LogP contribution >= 0.6 is 11.6 Å². The highest BCUT2D eigenvalue weighted by molar-refractivity contribution is 6.31. The summed E-state index contributed by atoms with van der Waals surface area (Å²) in [7, 11) is 0. The van der Waals surface area contributed by atoms with Crippen molar-refractivity contribution in [3.05, 3.63) is 28.8 Å². The van der Waals surface area contributed by atoms with Crippen molar-refractivity contribution in [2.24, 2.45) is 0 Å². The third-order valence-electron chi connectivity index (χ3n) is 4.66. The van der Waals surface area contributed by atoms with Crippen LogP contribution in [0.5, 0.6) is 0 Å². The minimum atomic E-state index is 0.00683. The molecule has 1 fully saturated rings. The van der Waals surface area contributed by atoms with Crippen LogP contribution in [0.25, 0.3) is 0 Å². The maximum atomic E-state index is 12.3. The van der Waals surface area contributed by atoms with Gasteiger partial charge in [-0.1, -0.05) is 17.7 Å². The molecule has 0 saturated carbocycles. The number of aryl methyl sites for hydroxylation is 1. The van der Waals surface area contributed by atoms with Gasteiger partial charge in [0.15, 0.2) is 0 Å². The number of benzene rings is 1. The first-order valence-electron chi connectivity index (χ1n) is 9.07. The predicted octanol–water partition coefficient (Wildman–Crippen LogP) is 4.26. The highest BCUT2D eigenvalue weighted by atomic mass is 35.5. The number of hydrogen-bond donors (Lipinski definition) is 3. The summed E-state index contributed by atoms with van der Waals surface area (Å²) < 4.78 is 0. The van der Waals surface area contributed by atoms with Crippen LogP contribution in [-0.2, 0) is 4.79 Å². The Balaban J connectivity index is 1.87. The van der Waals surface area contributed by atoms with E-state index in [4.69, 9.17) is 11.6 Å². The summed E-state index contributed by atoms with van der Waals surface area (Å²) in [6.07, 6.45) is 2.54. The van der Waals surface area contributed by atoms with Gasteiger partial charge in [0.25, 0.3) is 0 Å². The van der Waals surface area contributed by atoms with Gasteiger partial charge < -0.3 is 16.0 Å². The number of piperidine rings is 1. The molecule has 0 aromatic heterocycles. The van der Waals surface area contributed by atoms with E-state index in [0.29, 0.717) is 17.5 Å². The van der Waals surface area contributed by atoms with E-state index in [2.05, 4.69) is 50.6 Å². The molecule has 4 nitrogen and oxygen atoms in total. The number of rotatable bonds is 5. The van der Waals surface area contributed by atoms with Gasteiger partial charge in [0.2, 0.25) is 5.91 Å². The third-order valence-corrected chi connectivity index (χ3v) is 5.06. The number of carbonyl (C=O) groups is 1. The summed E-state index contributed by atoms with van der Waals surface area (Å²) in [5.41, 5.74) is 1.95. The number of hydrogen-bond acceptors (Lipinski definition) is 3. The fourth-order valence-corrected chi connectivity index (χ4v) is 4.24. The van der Waals surface area contributed by atoms with Crippen LogP contribution < -0.4 is 16.0 Å². The lowest BCUT2D eigenvalue weighted by Crippen LogP contribution is -2.62. The van der Waals surface area contributed by atoms with Gasteiger partial charge in [0, 0.05) is 40.3 Å². The highest BCUT2D eigenvalue weighted by Crippen LogP contribution is 2.29. The van der Waals surface area contributed by atoms with Crippen molar-refractivity contribution in [1.29, 1.82) is 0 Å². The largest absolute Gasteiger partial charge is 0.326 e. The van der Waals surface area contributed by atoms with Crippen molar-refractivity contribution in [3.63, 3.8) is 0 Å². The van der Waals surface area contributed by atoms with E-state index >= 15 is 0 Å². The van der Waals surface area contributed by atoms with Crippen LogP contribution in [0.2, 0.25) is 5.02 Å². The Morgan fingerprint density at radius 2 is 1.88 bits per heavy atom. The molecule has 5 heteroatoms. The second-order valence-corrected chi connectivity index (χ2v) is 9.19. The van der Waals surface area contributed by atoms with E-state index in [0.717, 1.165) is 24.1 Å². The molecule has 1 atom stereocenters. The standard InChI is InChI=1S/C20H32ClN3O/c1-13-7-8-15(10-17(13)21)23-18(25)9-14(2)22-16-11-19(3,4)24-20(5,6)12-16/h7-8,10,14,16,22,24H,9,11-12H2,1-6H3,(H,23,25). The lowest BCUT2D eigenvalue weighted by molar-refractivity contribution is -0.116. The fraction of sp³-hybridized carbons (Fsp3) is 0.650. The van der Waals surface area contributed by atoms with Crippen molar-refractivity contribution < 1.29 is 4.79 Å². The number of nitrogens with one attached hydrogen (secondary N) is 3. The summed E-state index contributed by atoms with van der Waals surface area (Å²) in [6, 6.07) is 6.12. The first-order valence-corrected chi connectivity index (χ1v) is 9.45. The molecule has 0 bridgehead atoms. The Labute approximate surface area is 157 Å². The maximum Gasteiger partial charge on any atom is 0.225 e. The molecule has 1 heterocycles. The van der Waals surface area contributed by atoms with Gasteiger partial charge >= 0.3 is 0 Å². The smallest absolute Gasteiger partial charge is 0.225 e. The number of halogens is 1. The molecule has 1 amide bonds. The molecule has 140 valence electrons. The van der Waals surface area contributed by atoms with E-state index < -0.39 is 0 Å². The third kappa shape index (κ3) is 6.28. The lowest BCUT2D eigenvalue weighted by Gasteiger charge is -2.47. The number of amides is 1. The topological polar surface area (TPSA) is 53.2 Å². The zero-order chi connectivity index (χ0) is 18.8. The second kappa shape index (κ2) is 7.65. The molecule has 1 aliphatic rings. The molecular formula is C20H32ClN3O. The summed E-state index contributed by atoms with van der Waals surface area (Å²) in [5.74, 6) is 0.00683. The molecule has 1 aromatic rings. The van der Waals surface area contributed by atoms with Crippen molar-refractivity contribution in [3.8, 4) is 0 Å². The summed E-state index contributed by atoms with van der Waals surface area (Å²) in [4.78, 5) is 12.3. The average Bonchev–Trinajstić information content (AvgIpc) is 2.38. The second-order valence-electron chi connectivity index (χ2n) is 8.78. The Morgan fingerprint density at radius 1 is 1.28 bits per heavy atom. The van der Waals surface area contributed by atoms with E-state index in [1.165, 1.54) is 0 Å². The molecule has 3 N–H and O–H groups in total. The minimum Gasteiger partial charge on any atom is -0.326 e. The van der Waals surface area contributed by atoms with Crippen molar-refractivity contribution in [2.75, 3.05) is 5.32 Å². The predicted molar refractivity (Wildman–Crippen MR) is 106 cm³/mol. The van der Waals surface area contributed by atoms with Gasteiger partial charge in [-0.15, -0.1) is 0 Å². The average molecular weight is 366 g/mol. The van der Waals surface area contributed by atoms with E-state index in [1.807, 2.05) is 19.1 Å². The van der Waals surface area contributed by atoms with Crippen molar-refractivity contribution >= 4 is 23.2 Å². The zero-order valence-corrected chi connectivity index (χ0v) is 17.1. The van der Waals surface area contributed by atoms with Crippen LogP contribution in [0.3, 0.4) is 0 Å². The van der Waals surface area contributed by atoms with Gasteiger partial charge in [0.05, 0.1) is 0 Å². The van der Waals surface area contributed by atoms with Gasteiger partial charge in [-0.2, -0.15) is 0 Å². The summed E-state index contributed by atoms with van der Waals surface area (Å²) in [5, 5.41) is 10.9. The number of carbonyl (C=O) groups excluding carboxylic acids is 1. The molecule has 0 radical (unpaired) electrons. The fourth-order valence-electron chi connectivity index (χ4n) is 4.06. The quantitative estimate of drug-likeness (QED) is 0.730. The normalized spacial score (nSPS) is 20.9. The van der Waals surface area contributed by atoms with E-state index in [9.17, 15) is 4.79 Å².